The molecule has 2 aromatic heterocycles. The molecule has 1 unspecified atom stereocenters. The van der Waals surface area contributed by atoms with Crippen LogP contribution in [0.1, 0.15) is 53.0 Å². The summed E-state index contributed by atoms with van der Waals surface area (Å²) >= 11 is 0. The quantitative estimate of drug-likeness (QED) is 0.894. The van der Waals surface area contributed by atoms with E-state index in [0.717, 1.165) is 19.5 Å². The lowest BCUT2D eigenvalue weighted by Crippen LogP contribution is -2.28. The van der Waals surface area contributed by atoms with Crippen molar-refractivity contribution < 1.29 is 19.8 Å². The fourth-order valence-corrected chi connectivity index (χ4v) is 3.23. The fraction of sp³-hybridized carbons (Fsp3) is 0.438. The lowest BCUT2D eigenvalue weighted by molar-refractivity contribution is 0.0678. The lowest BCUT2D eigenvalue weighted by atomic mass is 10.1. The van der Waals surface area contributed by atoms with Crippen molar-refractivity contribution in [1.82, 2.24) is 14.3 Å². The standard InChI is InChI=1S/C16H19N3O4/c1-9(2)18-7-6-10(8-18)14-17-13(16(22)23)11-4-3-5-12(15(20)21)19(11)14/h3-5,9-10H,6-8H2,1-2H3,(H,20,21)(H,22,23). The summed E-state index contributed by atoms with van der Waals surface area (Å²) in [7, 11) is 0. The van der Waals surface area contributed by atoms with Crippen LogP contribution in [-0.4, -0.2) is 55.6 Å². The lowest BCUT2D eigenvalue weighted by Gasteiger charge is -2.20. The molecule has 0 aromatic carbocycles. The van der Waals surface area contributed by atoms with E-state index in [4.69, 9.17) is 0 Å². The minimum atomic E-state index is -1.14. The van der Waals surface area contributed by atoms with Crippen LogP contribution >= 0.6 is 0 Å². The number of likely N-dealkylation sites (tertiary alicyclic amines) is 1. The highest BCUT2D eigenvalue weighted by Gasteiger charge is 2.31. The summed E-state index contributed by atoms with van der Waals surface area (Å²) in [6, 6.07) is 5.01. The van der Waals surface area contributed by atoms with Gasteiger partial charge in [-0.25, -0.2) is 14.6 Å². The summed E-state index contributed by atoms with van der Waals surface area (Å²) in [5, 5.41) is 18.8. The summed E-state index contributed by atoms with van der Waals surface area (Å²) in [5.41, 5.74) is 0.280. The number of rotatable bonds is 4. The highest BCUT2D eigenvalue weighted by Crippen LogP contribution is 2.30. The maximum atomic E-state index is 11.5. The Morgan fingerprint density at radius 3 is 2.57 bits per heavy atom. The number of nitrogens with zero attached hydrogens (tertiary/aromatic N) is 3. The van der Waals surface area contributed by atoms with Crippen molar-refractivity contribution in [3.8, 4) is 0 Å². The van der Waals surface area contributed by atoms with Gasteiger partial charge in [-0.15, -0.1) is 0 Å². The van der Waals surface area contributed by atoms with Crippen molar-refractivity contribution in [2.24, 2.45) is 0 Å². The van der Waals surface area contributed by atoms with Gasteiger partial charge in [0.15, 0.2) is 5.69 Å². The molecule has 1 atom stereocenters. The van der Waals surface area contributed by atoms with Crippen molar-refractivity contribution >= 4 is 17.5 Å². The smallest absolute Gasteiger partial charge is 0.356 e. The van der Waals surface area contributed by atoms with Crippen molar-refractivity contribution in [3.63, 3.8) is 0 Å². The van der Waals surface area contributed by atoms with Gasteiger partial charge < -0.3 is 15.1 Å². The topological polar surface area (TPSA) is 95.1 Å². The second-order valence-corrected chi connectivity index (χ2v) is 6.13. The molecule has 122 valence electrons. The fourth-order valence-electron chi connectivity index (χ4n) is 3.23. The third kappa shape index (κ3) is 2.57. The number of fused-ring (bicyclic) bond motifs is 1. The molecule has 2 aromatic rings. The summed E-state index contributed by atoms with van der Waals surface area (Å²) in [6.07, 6.45) is 0.838. The molecule has 0 amide bonds. The number of aromatic nitrogens is 2. The molecule has 1 aliphatic rings. The Bertz CT molecular complexity index is 781. The van der Waals surface area contributed by atoms with Crippen LogP contribution in [0.15, 0.2) is 18.2 Å². The highest BCUT2D eigenvalue weighted by atomic mass is 16.4. The van der Waals surface area contributed by atoms with E-state index in [9.17, 15) is 19.8 Å². The molecule has 2 N–H and O–H groups in total. The van der Waals surface area contributed by atoms with Gasteiger partial charge in [0.25, 0.3) is 0 Å². The zero-order chi connectivity index (χ0) is 16.7. The molecule has 3 rings (SSSR count). The molecule has 23 heavy (non-hydrogen) atoms. The van der Waals surface area contributed by atoms with Crippen LogP contribution in [0.25, 0.3) is 5.52 Å². The molecule has 7 heteroatoms. The number of hydrogen-bond acceptors (Lipinski definition) is 4. The molecule has 0 bridgehead atoms. The zero-order valence-corrected chi connectivity index (χ0v) is 13.1. The largest absolute Gasteiger partial charge is 0.477 e. The number of imidazole rings is 1. The van der Waals surface area contributed by atoms with Crippen LogP contribution in [0.5, 0.6) is 0 Å². The molecule has 3 heterocycles. The number of carboxylic acid groups (broad SMARTS) is 2. The van der Waals surface area contributed by atoms with Gasteiger partial charge in [0, 0.05) is 18.5 Å². The average molecular weight is 317 g/mol. The monoisotopic (exact) mass is 317 g/mol. The van der Waals surface area contributed by atoms with Crippen LogP contribution < -0.4 is 0 Å². The maximum absolute atomic E-state index is 11.5. The first kappa shape index (κ1) is 15.5. The molecule has 0 radical (unpaired) electrons. The Labute approximate surface area is 133 Å². The third-order valence-corrected chi connectivity index (χ3v) is 4.42. The van der Waals surface area contributed by atoms with E-state index >= 15 is 0 Å². The van der Waals surface area contributed by atoms with Gasteiger partial charge in [-0.1, -0.05) is 6.07 Å². The van der Waals surface area contributed by atoms with Crippen molar-refractivity contribution in [2.45, 2.75) is 32.2 Å². The molecule has 1 aliphatic heterocycles. The Kier molecular flexibility index (Phi) is 3.81. The molecule has 1 fully saturated rings. The van der Waals surface area contributed by atoms with E-state index in [-0.39, 0.29) is 17.3 Å². The maximum Gasteiger partial charge on any atom is 0.356 e. The Hall–Kier alpha value is -2.41. The summed E-state index contributed by atoms with van der Waals surface area (Å²) in [4.78, 5) is 29.6. The number of carbonyl (C=O) groups is 2. The van der Waals surface area contributed by atoms with Crippen LogP contribution in [-0.2, 0) is 0 Å². The minimum absolute atomic E-state index is 0.0264. The first-order valence-electron chi connectivity index (χ1n) is 7.62. The molecule has 0 saturated carbocycles. The third-order valence-electron chi connectivity index (χ3n) is 4.42. The van der Waals surface area contributed by atoms with Gasteiger partial charge in [0.05, 0.1) is 5.52 Å². The van der Waals surface area contributed by atoms with Crippen LogP contribution in [0.2, 0.25) is 0 Å². The van der Waals surface area contributed by atoms with E-state index in [1.807, 2.05) is 0 Å². The van der Waals surface area contributed by atoms with E-state index in [0.29, 0.717) is 17.4 Å². The van der Waals surface area contributed by atoms with Gasteiger partial charge in [-0.05, 0) is 38.9 Å². The van der Waals surface area contributed by atoms with Crippen LogP contribution in [0, 0.1) is 0 Å². The predicted octanol–water partition coefficient (Wildman–Crippen LogP) is 1.93. The number of aromatic carboxylic acids is 2. The first-order valence-corrected chi connectivity index (χ1v) is 7.62. The summed E-state index contributed by atoms with van der Waals surface area (Å²) in [5.74, 6) is -1.68. The molecular weight excluding hydrogens is 298 g/mol. The normalized spacial score (nSPS) is 18.8. The zero-order valence-electron chi connectivity index (χ0n) is 13.1. The molecule has 1 saturated heterocycles. The van der Waals surface area contributed by atoms with Crippen molar-refractivity contribution in [1.29, 1.82) is 0 Å². The Morgan fingerprint density at radius 2 is 2.00 bits per heavy atom. The first-order chi connectivity index (χ1) is 10.9. The van der Waals surface area contributed by atoms with E-state index < -0.39 is 11.9 Å². The second kappa shape index (κ2) is 5.66. The Balaban J connectivity index is 2.16. The summed E-state index contributed by atoms with van der Waals surface area (Å²) < 4.78 is 1.49. The number of carboxylic acids is 2. The van der Waals surface area contributed by atoms with Gasteiger partial charge in [-0.2, -0.15) is 0 Å². The highest BCUT2D eigenvalue weighted by molar-refractivity contribution is 5.95. The molecular formula is C16H19N3O4. The van der Waals surface area contributed by atoms with Crippen molar-refractivity contribution in [2.75, 3.05) is 13.1 Å². The van der Waals surface area contributed by atoms with E-state index in [2.05, 4.69) is 23.7 Å². The van der Waals surface area contributed by atoms with Gasteiger partial charge >= 0.3 is 11.9 Å². The van der Waals surface area contributed by atoms with Gasteiger partial charge in [0.2, 0.25) is 0 Å². The summed E-state index contributed by atoms with van der Waals surface area (Å²) in [6.45, 7) is 5.87. The molecule has 0 aliphatic carbocycles. The number of hydrogen-bond donors (Lipinski definition) is 2. The van der Waals surface area contributed by atoms with Gasteiger partial charge in [0.1, 0.15) is 11.5 Å². The van der Waals surface area contributed by atoms with Gasteiger partial charge in [-0.3, -0.25) is 4.40 Å². The van der Waals surface area contributed by atoms with Crippen molar-refractivity contribution in [3.05, 3.63) is 35.4 Å². The average Bonchev–Trinajstić information content (AvgIpc) is 3.10. The van der Waals surface area contributed by atoms with Crippen LogP contribution in [0.4, 0.5) is 0 Å². The Morgan fingerprint density at radius 1 is 1.26 bits per heavy atom. The predicted molar refractivity (Wildman–Crippen MR) is 83.2 cm³/mol. The minimum Gasteiger partial charge on any atom is -0.477 e. The SMILES string of the molecule is CC(C)N1CCC(c2nc(C(=O)O)c3cccc(C(=O)O)n23)C1. The molecule has 0 spiro atoms. The van der Waals surface area contributed by atoms with E-state index in [1.165, 1.54) is 10.5 Å². The van der Waals surface area contributed by atoms with Crippen LogP contribution in [0.3, 0.4) is 0 Å². The van der Waals surface area contributed by atoms with E-state index in [1.54, 1.807) is 12.1 Å². The molecule has 7 nitrogen and oxygen atoms in total. The second-order valence-electron chi connectivity index (χ2n) is 6.13. The number of pyridine rings is 1.